The summed E-state index contributed by atoms with van der Waals surface area (Å²) in [6.07, 6.45) is 2.70. The Balaban J connectivity index is 1.16. The predicted octanol–water partition coefficient (Wildman–Crippen LogP) is 7.39. The molecule has 300 valence electrons. The second-order valence-electron chi connectivity index (χ2n) is 15.5. The maximum Gasteiger partial charge on any atom is 0.161 e. The van der Waals surface area contributed by atoms with Crippen LogP contribution in [0.1, 0.15) is 66.8 Å². The van der Waals surface area contributed by atoms with Crippen molar-refractivity contribution < 1.29 is 54.0 Å². The van der Waals surface area contributed by atoms with Crippen molar-refractivity contribution in [2.24, 2.45) is 0 Å². The van der Waals surface area contributed by atoms with Gasteiger partial charge in [0.2, 0.25) is 0 Å². The van der Waals surface area contributed by atoms with E-state index < -0.39 is 0 Å². The van der Waals surface area contributed by atoms with Gasteiger partial charge in [0.05, 0.1) is 0 Å². The van der Waals surface area contributed by atoms with E-state index in [2.05, 4.69) is 0 Å². The number of ether oxygens (including phenoxy) is 6. The molecule has 0 atom stereocenters. The van der Waals surface area contributed by atoms with Gasteiger partial charge in [0.25, 0.3) is 0 Å². The maximum atomic E-state index is 11.3. The van der Waals surface area contributed by atoms with Gasteiger partial charge >= 0.3 is 0 Å². The zero-order chi connectivity index (χ0) is 40.2. The summed E-state index contributed by atoms with van der Waals surface area (Å²) < 4.78 is 37.0. The second kappa shape index (κ2) is 14.8. The molecule has 0 amide bonds. The van der Waals surface area contributed by atoms with Gasteiger partial charge < -0.3 is 54.0 Å². The van der Waals surface area contributed by atoms with E-state index in [0.717, 1.165) is 66.8 Å². The molecule has 12 aliphatic heterocycles. The van der Waals surface area contributed by atoms with E-state index >= 15 is 0 Å². The summed E-state index contributed by atoms with van der Waals surface area (Å²) in [7, 11) is 0. The predicted molar refractivity (Wildman–Crippen MR) is 217 cm³/mol. The third kappa shape index (κ3) is 7.17. The first-order valence-corrected chi connectivity index (χ1v) is 19.8. The summed E-state index contributed by atoms with van der Waals surface area (Å²) >= 11 is 0. The summed E-state index contributed by atoms with van der Waals surface area (Å²) in [6.45, 7) is 0.666. The molecule has 59 heavy (non-hydrogen) atoms. The fourth-order valence-electron chi connectivity index (χ4n) is 8.67. The molecule has 2 aliphatic carbocycles. The summed E-state index contributed by atoms with van der Waals surface area (Å²) in [6, 6.07) is 23.7. The number of benzene rings is 6. The Morgan fingerprint density at radius 2 is 0.492 bits per heavy atom. The molecule has 14 aliphatic rings. The van der Waals surface area contributed by atoms with Crippen LogP contribution in [0, 0.1) is 0 Å². The lowest BCUT2D eigenvalue weighted by Gasteiger charge is -2.18. The first kappa shape index (κ1) is 36.5. The summed E-state index contributed by atoms with van der Waals surface area (Å²) in [4.78, 5) is 0. The number of phenolic OH excluding ortho intramolecular Hbond substituents is 5. The van der Waals surface area contributed by atoms with Crippen LogP contribution < -0.4 is 28.4 Å². The first-order chi connectivity index (χ1) is 28.7. The number of hydrogen-bond donors (Lipinski definition) is 5. The Labute approximate surface area is 340 Å². The molecule has 11 heteroatoms. The van der Waals surface area contributed by atoms with Gasteiger partial charge in [-0.3, -0.25) is 0 Å². The van der Waals surface area contributed by atoms with Gasteiger partial charge in [0.15, 0.2) is 57.5 Å². The molecule has 0 fully saturated rings. The number of rotatable bonds is 0. The largest absolute Gasteiger partial charge is 0.504 e. The minimum Gasteiger partial charge on any atom is -0.504 e. The standard InChI is InChI=1S/C48H42O11/c49-39-16-28-10-27-15-38-2-1-26(27)9-33-21-44-40(50)17-29(33)11-34(28)22-46(39)57-7-8-59-48-24-36-13-30-18-41(51)45(55-4-3-54-38)23-35(30)12-31-19-42(52)47(58-6-5-56-44)25-37(31)14-32(36)20-43(48)53/h1-2,15-25,49-53H,3-14H2. The highest BCUT2D eigenvalue weighted by Crippen LogP contribution is 2.42. The van der Waals surface area contributed by atoms with Crippen molar-refractivity contribution in [1.82, 2.24) is 0 Å². The molecule has 6 aromatic carbocycles. The molecule has 0 unspecified atom stereocenters. The van der Waals surface area contributed by atoms with Crippen molar-refractivity contribution >= 4 is 0 Å². The Bertz CT molecular complexity index is 2640. The number of aromatic hydroxyl groups is 5. The van der Waals surface area contributed by atoms with E-state index in [0.29, 0.717) is 55.8 Å². The average molecular weight is 795 g/mol. The highest BCUT2D eigenvalue weighted by atomic mass is 16.5. The van der Waals surface area contributed by atoms with E-state index in [-0.39, 0.29) is 85.6 Å². The molecule has 12 heterocycles. The van der Waals surface area contributed by atoms with Crippen molar-refractivity contribution in [3.63, 3.8) is 0 Å². The Morgan fingerprint density at radius 3 is 0.797 bits per heavy atom. The smallest absolute Gasteiger partial charge is 0.161 e. The van der Waals surface area contributed by atoms with E-state index in [4.69, 9.17) is 28.4 Å². The van der Waals surface area contributed by atoms with Crippen molar-refractivity contribution in [3.8, 4) is 63.2 Å². The van der Waals surface area contributed by atoms with Crippen molar-refractivity contribution in [2.45, 2.75) is 38.5 Å². The van der Waals surface area contributed by atoms with Crippen LogP contribution >= 0.6 is 0 Å². The van der Waals surface area contributed by atoms with Crippen LogP contribution in [0.2, 0.25) is 0 Å². The van der Waals surface area contributed by atoms with Crippen molar-refractivity contribution in [1.29, 1.82) is 0 Å². The lowest BCUT2D eigenvalue weighted by Crippen LogP contribution is -2.11. The fraction of sp³-hybridized carbons (Fsp3) is 0.250. The molecule has 0 aromatic heterocycles. The zero-order valence-corrected chi connectivity index (χ0v) is 32.2. The Kier molecular flexibility index (Phi) is 9.15. The summed E-state index contributed by atoms with van der Waals surface area (Å²) in [5.41, 5.74) is 10.8. The normalized spacial score (nSPS) is 15.5. The topological polar surface area (TPSA) is 157 Å². The molecule has 0 spiro atoms. The summed E-state index contributed by atoms with van der Waals surface area (Å²) in [5, 5.41) is 56.5. The van der Waals surface area contributed by atoms with Crippen molar-refractivity contribution in [2.75, 3.05) is 39.6 Å². The Hall–Kier alpha value is -6.88. The Morgan fingerprint density at radius 1 is 0.254 bits per heavy atom. The maximum absolute atomic E-state index is 11.3. The lowest BCUT2D eigenvalue weighted by molar-refractivity contribution is 0.207. The van der Waals surface area contributed by atoms with Crippen LogP contribution in [-0.2, 0) is 38.5 Å². The first-order valence-electron chi connectivity index (χ1n) is 19.8. The van der Waals surface area contributed by atoms with Crippen LogP contribution in [0.3, 0.4) is 0 Å². The molecule has 5 N–H and O–H groups in total. The molecule has 6 aromatic rings. The van der Waals surface area contributed by atoms with E-state index in [1.54, 1.807) is 30.3 Å². The third-order valence-electron chi connectivity index (χ3n) is 11.7. The third-order valence-corrected chi connectivity index (χ3v) is 11.7. The van der Waals surface area contributed by atoms with E-state index in [9.17, 15) is 25.5 Å². The van der Waals surface area contributed by atoms with Crippen molar-refractivity contribution in [3.05, 3.63) is 146 Å². The van der Waals surface area contributed by atoms with Gasteiger partial charge in [-0.15, -0.1) is 0 Å². The van der Waals surface area contributed by atoms with Crippen LogP contribution in [0.5, 0.6) is 63.2 Å². The molecule has 18 bridgehead atoms. The number of phenols is 5. The molecular formula is C48H42O11. The lowest BCUT2D eigenvalue weighted by atomic mass is 9.94. The fourth-order valence-corrected chi connectivity index (χ4v) is 8.67. The van der Waals surface area contributed by atoms with Crippen LogP contribution in [0.25, 0.3) is 0 Å². The quantitative estimate of drug-likeness (QED) is 0.104. The van der Waals surface area contributed by atoms with Crippen LogP contribution in [-0.4, -0.2) is 65.2 Å². The molecule has 11 nitrogen and oxygen atoms in total. The minimum atomic E-state index is -0.0462. The van der Waals surface area contributed by atoms with Gasteiger partial charge in [-0.1, -0.05) is 6.07 Å². The highest BCUT2D eigenvalue weighted by molar-refractivity contribution is 5.59. The van der Waals surface area contributed by atoms with Gasteiger partial charge in [-0.25, -0.2) is 0 Å². The second-order valence-corrected chi connectivity index (χ2v) is 15.5. The summed E-state index contributed by atoms with van der Waals surface area (Å²) in [5.74, 6) is 1.97. The van der Waals surface area contributed by atoms with E-state index in [1.807, 2.05) is 48.5 Å². The van der Waals surface area contributed by atoms with Crippen LogP contribution in [0.4, 0.5) is 0 Å². The van der Waals surface area contributed by atoms with Gasteiger partial charge in [0, 0.05) is 0 Å². The van der Waals surface area contributed by atoms with Gasteiger partial charge in [-0.05, 0) is 178 Å². The number of hydrogen-bond acceptors (Lipinski definition) is 11. The molecular weight excluding hydrogens is 753 g/mol. The SMILES string of the molecule is Oc1cc2c3cc1OCCOc1ccc4c(c1)Cc1cc(O)c5cc1Cc1cc(O)c(cc1C4)OCCOc1cc(c(cc1O)C3)Cc1cc(O)c(cc1C2)OCCO5. The monoisotopic (exact) mass is 794 g/mol. The average Bonchev–Trinajstić information content (AvgIpc) is 3.29. The molecule has 20 rings (SSSR count). The molecule has 0 radical (unpaired) electrons. The van der Waals surface area contributed by atoms with Gasteiger partial charge in [0.1, 0.15) is 45.4 Å². The van der Waals surface area contributed by atoms with Crippen LogP contribution in [0.15, 0.2) is 78.9 Å². The highest BCUT2D eigenvalue weighted by Gasteiger charge is 2.24. The molecule has 0 saturated carbocycles. The zero-order valence-electron chi connectivity index (χ0n) is 32.2. The van der Waals surface area contributed by atoms with Gasteiger partial charge in [-0.2, -0.15) is 0 Å². The minimum absolute atomic E-state index is 0.0134. The van der Waals surface area contributed by atoms with E-state index in [1.165, 1.54) is 0 Å². The molecule has 0 saturated heterocycles.